The van der Waals surface area contributed by atoms with Crippen LogP contribution in [0.1, 0.15) is 39.2 Å². The van der Waals surface area contributed by atoms with Gasteiger partial charge in [-0.1, -0.05) is 12.1 Å². The Morgan fingerprint density at radius 3 is 2.20 bits per heavy atom. The van der Waals surface area contributed by atoms with Crippen LogP contribution in [-0.2, 0) is 25.9 Å². The maximum atomic E-state index is 13.0. The molecular weight excluding hydrogens is 410 g/mol. The van der Waals surface area contributed by atoms with Gasteiger partial charge in [0.15, 0.2) is 9.84 Å². The van der Waals surface area contributed by atoms with Crippen molar-refractivity contribution >= 4 is 27.9 Å². The third-order valence-electron chi connectivity index (χ3n) is 5.21. The van der Waals surface area contributed by atoms with E-state index in [1.807, 2.05) is 0 Å². The Bertz CT molecular complexity index is 957. The second-order valence-electron chi connectivity index (χ2n) is 8.79. The predicted octanol–water partition coefficient (Wildman–Crippen LogP) is 1.91. The molecule has 1 aromatic rings. The number of nitrogens with one attached hydrogen (secondary N) is 1. The van der Waals surface area contributed by atoms with E-state index in [-0.39, 0.29) is 17.3 Å². The smallest absolute Gasteiger partial charge is 0.410 e. The number of ether oxygens (including phenoxy) is 1. The van der Waals surface area contributed by atoms with Crippen LogP contribution in [0.2, 0.25) is 0 Å². The molecule has 0 aliphatic carbocycles. The summed E-state index contributed by atoms with van der Waals surface area (Å²) in [4.78, 5) is 40.6. The summed E-state index contributed by atoms with van der Waals surface area (Å²) in [6.07, 6.45) is 1.30. The third kappa shape index (κ3) is 4.58. The van der Waals surface area contributed by atoms with Crippen LogP contribution < -0.4 is 5.32 Å². The molecule has 2 aliphatic rings. The molecule has 0 bridgehead atoms. The second kappa shape index (κ2) is 7.57. The van der Waals surface area contributed by atoms with Crippen molar-refractivity contribution in [2.45, 2.75) is 56.2 Å². The highest BCUT2D eigenvalue weighted by Gasteiger charge is 2.52. The summed E-state index contributed by atoms with van der Waals surface area (Å²) >= 11 is 0. The van der Waals surface area contributed by atoms with E-state index in [4.69, 9.17) is 4.74 Å². The molecule has 164 valence electrons. The molecular formula is C20H27N3O6S. The van der Waals surface area contributed by atoms with Crippen LogP contribution in [0, 0.1) is 0 Å². The number of imide groups is 1. The molecule has 4 amide bonds. The molecule has 1 aromatic carbocycles. The zero-order valence-corrected chi connectivity index (χ0v) is 18.4. The van der Waals surface area contributed by atoms with Crippen molar-refractivity contribution < 1.29 is 27.5 Å². The minimum atomic E-state index is -3.32. The number of sulfone groups is 1. The van der Waals surface area contributed by atoms with Gasteiger partial charge in [-0.25, -0.2) is 18.0 Å². The molecule has 2 aliphatic heterocycles. The van der Waals surface area contributed by atoms with Gasteiger partial charge in [-0.05, 0) is 51.3 Å². The van der Waals surface area contributed by atoms with Crippen LogP contribution in [-0.4, -0.2) is 66.7 Å². The van der Waals surface area contributed by atoms with Crippen LogP contribution in [0.3, 0.4) is 0 Å². The van der Waals surface area contributed by atoms with E-state index >= 15 is 0 Å². The molecule has 0 radical (unpaired) electrons. The summed E-state index contributed by atoms with van der Waals surface area (Å²) in [6.45, 7) is 6.02. The van der Waals surface area contributed by atoms with E-state index < -0.39 is 33.1 Å². The van der Waals surface area contributed by atoms with Gasteiger partial charge in [0, 0.05) is 19.3 Å². The molecule has 2 heterocycles. The largest absolute Gasteiger partial charge is 0.444 e. The Kier molecular flexibility index (Phi) is 5.57. The highest BCUT2D eigenvalue weighted by atomic mass is 32.2. The van der Waals surface area contributed by atoms with Gasteiger partial charge in [0.1, 0.15) is 11.1 Å². The molecule has 1 spiro atoms. The van der Waals surface area contributed by atoms with Gasteiger partial charge in [0.2, 0.25) is 0 Å². The van der Waals surface area contributed by atoms with Gasteiger partial charge < -0.3 is 15.0 Å². The van der Waals surface area contributed by atoms with Crippen molar-refractivity contribution in [3.63, 3.8) is 0 Å². The predicted molar refractivity (Wildman–Crippen MR) is 108 cm³/mol. The van der Waals surface area contributed by atoms with E-state index in [9.17, 15) is 22.8 Å². The van der Waals surface area contributed by atoms with Crippen LogP contribution in [0.15, 0.2) is 29.2 Å². The van der Waals surface area contributed by atoms with Crippen LogP contribution in [0.5, 0.6) is 0 Å². The fraction of sp³-hybridized carbons (Fsp3) is 0.550. The summed E-state index contributed by atoms with van der Waals surface area (Å²) in [6, 6.07) is 5.61. The average Bonchev–Trinajstić information content (AvgIpc) is 2.85. The summed E-state index contributed by atoms with van der Waals surface area (Å²) in [5, 5.41) is 2.80. The molecule has 0 atom stereocenters. The van der Waals surface area contributed by atoms with E-state index in [0.717, 1.165) is 11.2 Å². The van der Waals surface area contributed by atoms with Gasteiger partial charge in [-0.2, -0.15) is 0 Å². The zero-order valence-electron chi connectivity index (χ0n) is 17.6. The lowest BCUT2D eigenvalue weighted by Crippen LogP contribution is -2.56. The summed E-state index contributed by atoms with van der Waals surface area (Å²) in [7, 11) is -3.32. The quantitative estimate of drug-likeness (QED) is 0.723. The number of nitrogens with zero attached hydrogens (tertiary/aromatic N) is 2. The summed E-state index contributed by atoms with van der Waals surface area (Å²) < 4.78 is 28.5. The lowest BCUT2D eigenvalue weighted by Gasteiger charge is -2.37. The van der Waals surface area contributed by atoms with Crippen molar-refractivity contribution in [2.24, 2.45) is 0 Å². The van der Waals surface area contributed by atoms with Gasteiger partial charge in [-0.3, -0.25) is 9.69 Å². The number of likely N-dealkylation sites (tertiary alicyclic amines) is 1. The summed E-state index contributed by atoms with van der Waals surface area (Å²) in [5.74, 6) is -0.330. The Morgan fingerprint density at radius 1 is 1.13 bits per heavy atom. The average molecular weight is 438 g/mol. The Labute approximate surface area is 176 Å². The van der Waals surface area contributed by atoms with Crippen molar-refractivity contribution in [2.75, 3.05) is 19.3 Å². The monoisotopic (exact) mass is 437 g/mol. The van der Waals surface area contributed by atoms with Gasteiger partial charge in [0.25, 0.3) is 5.91 Å². The number of carbonyl (C=O) groups excluding carboxylic acids is 3. The fourth-order valence-corrected chi connectivity index (χ4v) is 4.21. The first-order valence-electron chi connectivity index (χ1n) is 9.72. The normalized spacial score (nSPS) is 19.2. The Hall–Kier alpha value is -2.62. The van der Waals surface area contributed by atoms with E-state index in [0.29, 0.717) is 31.5 Å². The maximum absolute atomic E-state index is 13.0. The molecule has 30 heavy (non-hydrogen) atoms. The van der Waals surface area contributed by atoms with Gasteiger partial charge >= 0.3 is 12.1 Å². The van der Waals surface area contributed by atoms with E-state index in [1.165, 1.54) is 12.1 Å². The number of urea groups is 1. The molecule has 10 heteroatoms. The van der Waals surface area contributed by atoms with E-state index in [2.05, 4.69) is 5.32 Å². The standard InChI is InChI=1S/C20H27N3O6S/c1-19(2,3)29-18(26)22-11-9-20(10-12-22)16(24)23(17(25)21-20)13-14-5-7-15(8-6-14)30(4,27)28/h5-8H,9-13H2,1-4H3,(H,21,25). The molecule has 2 saturated heterocycles. The maximum Gasteiger partial charge on any atom is 0.410 e. The number of piperidine rings is 1. The number of carbonyl (C=O) groups is 3. The van der Waals surface area contributed by atoms with Crippen molar-refractivity contribution in [3.8, 4) is 0 Å². The number of amides is 4. The van der Waals surface area contributed by atoms with E-state index in [1.54, 1.807) is 37.8 Å². The molecule has 1 N–H and O–H groups in total. The minimum Gasteiger partial charge on any atom is -0.444 e. The highest BCUT2D eigenvalue weighted by molar-refractivity contribution is 7.90. The molecule has 0 unspecified atom stereocenters. The van der Waals surface area contributed by atoms with Crippen LogP contribution >= 0.6 is 0 Å². The van der Waals surface area contributed by atoms with Crippen molar-refractivity contribution in [1.82, 2.24) is 15.1 Å². The molecule has 3 rings (SSSR count). The Morgan fingerprint density at radius 2 is 1.70 bits per heavy atom. The summed E-state index contributed by atoms with van der Waals surface area (Å²) in [5.41, 5.74) is -0.982. The molecule has 2 fully saturated rings. The molecule has 0 aromatic heterocycles. The number of hydrogen-bond donors (Lipinski definition) is 1. The second-order valence-corrected chi connectivity index (χ2v) is 10.8. The number of benzene rings is 1. The highest BCUT2D eigenvalue weighted by Crippen LogP contribution is 2.31. The molecule has 9 nitrogen and oxygen atoms in total. The van der Waals surface area contributed by atoms with Crippen molar-refractivity contribution in [3.05, 3.63) is 29.8 Å². The first-order valence-corrected chi connectivity index (χ1v) is 11.6. The molecule has 0 saturated carbocycles. The first kappa shape index (κ1) is 22.1. The lowest BCUT2D eigenvalue weighted by atomic mass is 9.87. The van der Waals surface area contributed by atoms with Gasteiger partial charge in [-0.15, -0.1) is 0 Å². The number of rotatable bonds is 3. The van der Waals surface area contributed by atoms with Gasteiger partial charge in [0.05, 0.1) is 11.4 Å². The SMILES string of the molecule is CC(C)(C)OC(=O)N1CCC2(CC1)NC(=O)N(Cc1ccc(S(C)(=O)=O)cc1)C2=O. The topological polar surface area (TPSA) is 113 Å². The van der Waals surface area contributed by atoms with Crippen molar-refractivity contribution in [1.29, 1.82) is 0 Å². The minimum absolute atomic E-state index is 0.0479. The third-order valence-corrected chi connectivity index (χ3v) is 6.34. The van der Waals surface area contributed by atoms with Crippen LogP contribution in [0.4, 0.5) is 9.59 Å². The Balaban J connectivity index is 1.66. The zero-order chi connectivity index (χ0) is 22.3. The fourth-order valence-electron chi connectivity index (χ4n) is 3.58. The van der Waals surface area contributed by atoms with Crippen LogP contribution in [0.25, 0.3) is 0 Å². The first-order chi connectivity index (χ1) is 13.8. The number of hydrogen-bond acceptors (Lipinski definition) is 6. The lowest BCUT2D eigenvalue weighted by molar-refractivity contribution is -0.133.